The first-order valence-electron chi connectivity index (χ1n) is 8.43. The zero-order valence-corrected chi connectivity index (χ0v) is 15.4. The second kappa shape index (κ2) is 8.92. The van der Waals surface area contributed by atoms with Gasteiger partial charge in [0.05, 0.1) is 17.1 Å². The van der Waals surface area contributed by atoms with E-state index < -0.39 is 10.8 Å². The van der Waals surface area contributed by atoms with Crippen molar-refractivity contribution < 1.29 is 9.72 Å². The third-order valence-electron chi connectivity index (χ3n) is 4.08. The van der Waals surface area contributed by atoms with Gasteiger partial charge < -0.3 is 0 Å². The van der Waals surface area contributed by atoms with E-state index in [9.17, 15) is 14.9 Å². The Morgan fingerprint density at radius 3 is 2.11 bits per heavy atom. The molecule has 28 heavy (non-hydrogen) atoms. The van der Waals surface area contributed by atoms with Crippen molar-refractivity contribution in [2.75, 3.05) is 0 Å². The average molecular weight is 394 g/mol. The topological polar surface area (TPSA) is 84.6 Å². The predicted octanol–water partition coefficient (Wildman–Crippen LogP) is 4.53. The Balaban J connectivity index is 1.80. The highest BCUT2D eigenvalue weighted by atomic mass is 35.5. The van der Waals surface area contributed by atoms with E-state index in [1.807, 2.05) is 60.7 Å². The third-order valence-corrected chi connectivity index (χ3v) is 4.40. The lowest BCUT2D eigenvalue weighted by molar-refractivity contribution is -0.384. The fourth-order valence-corrected chi connectivity index (χ4v) is 2.96. The van der Waals surface area contributed by atoms with Gasteiger partial charge in [-0.2, -0.15) is 5.10 Å². The summed E-state index contributed by atoms with van der Waals surface area (Å²) in [6, 6.07) is 23.1. The molecule has 0 fully saturated rings. The van der Waals surface area contributed by atoms with Crippen molar-refractivity contribution in [1.82, 2.24) is 5.43 Å². The summed E-state index contributed by atoms with van der Waals surface area (Å²) in [5.74, 6) is -0.837. The first-order chi connectivity index (χ1) is 13.6. The Bertz CT molecular complexity index is 968. The number of nitrogens with zero attached hydrogens (tertiary/aromatic N) is 2. The minimum atomic E-state index is -0.570. The number of nitro benzene ring substituents is 1. The van der Waals surface area contributed by atoms with Gasteiger partial charge in [-0.1, -0.05) is 78.3 Å². The molecule has 0 saturated heterocycles. The predicted molar refractivity (Wildman–Crippen MR) is 109 cm³/mol. The van der Waals surface area contributed by atoms with Crippen molar-refractivity contribution >= 4 is 29.4 Å². The summed E-state index contributed by atoms with van der Waals surface area (Å²) in [4.78, 5) is 23.2. The van der Waals surface area contributed by atoms with Crippen LogP contribution < -0.4 is 5.43 Å². The number of carbonyl (C=O) groups is 1. The van der Waals surface area contributed by atoms with Gasteiger partial charge in [-0.3, -0.25) is 14.9 Å². The molecule has 0 aromatic heterocycles. The SMILES string of the molecule is O=C(N/N=C\c1ccc(Cl)c([N+](=O)[O-])c1)C(c1ccccc1)c1ccccc1. The van der Waals surface area contributed by atoms with Crippen molar-refractivity contribution in [2.24, 2.45) is 5.10 Å². The van der Waals surface area contributed by atoms with Gasteiger partial charge in [-0.25, -0.2) is 5.43 Å². The molecule has 3 rings (SSSR count). The Hall–Kier alpha value is -3.51. The average Bonchev–Trinajstić information content (AvgIpc) is 2.71. The second-order valence-corrected chi connectivity index (χ2v) is 6.36. The summed E-state index contributed by atoms with van der Waals surface area (Å²) in [6.07, 6.45) is 1.34. The molecular formula is C21H16ClN3O3. The number of carbonyl (C=O) groups excluding carboxylic acids is 1. The lowest BCUT2D eigenvalue weighted by Gasteiger charge is -2.16. The van der Waals surface area contributed by atoms with Gasteiger partial charge in [0.25, 0.3) is 11.6 Å². The molecule has 7 heteroatoms. The van der Waals surface area contributed by atoms with Crippen LogP contribution >= 0.6 is 11.6 Å². The van der Waals surface area contributed by atoms with Gasteiger partial charge in [0, 0.05) is 11.6 Å². The standard InChI is InChI=1S/C21H16ClN3O3/c22-18-12-11-15(13-19(18)25(27)28)14-23-24-21(26)20(16-7-3-1-4-8-16)17-9-5-2-6-10-17/h1-14,20H,(H,24,26)/b23-14-. The van der Waals surface area contributed by atoms with Crippen LogP contribution in [0.3, 0.4) is 0 Å². The molecule has 0 spiro atoms. The van der Waals surface area contributed by atoms with E-state index in [0.29, 0.717) is 5.56 Å². The second-order valence-electron chi connectivity index (χ2n) is 5.96. The number of halogens is 1. The third kappa shape index (κ3) is 4.61. The number of benzene rings is 3. The first-order valence-corrected chi connectivity index (χ1v) is 8.81. The molecule has 0 unspecified atom stereocenters. The molecule has 1 amide bonds. The number of nitro groups is 1. The molecule has 0 radical (unpaired) electrons. The van der Waals surface area contributed by atoms with E-state index in [-0.39, 0.29) is 16.6 Å². The number of nitrogens with one attached hydrogen (secondary N) is 1. The molecular weight excluding hydrogens is 378 g/mol. The molecule has 140 valence electrons. The summed E-state index contributed by atoms with van der Waals surface area (Å²) >= 11 is 5.80. The zero-order chi connectivity index (χ0) is 19.9. The first kappa shape index (κ1) is 19.3. The highest BCUT2D eigenvalue weighted by Crippen LogP contribution is 2.25. The molecule has 3 aromatic rings. The molecule has 0 aliphatic heterocycles. The lowest BCUT2D eigenvalue weighted by Crippen LogP contribution is -2.26. The molecule has 3 aromatic carbocycles. The number of amides is 1. The molecule has 0 saturated carbocycles. The Kier molecular flexibility index (Phi) is 6.14. The van der Waals surface area contributed by atoms with Crippen LogP contribution in [-0.4, -0.2) is 17.0 Å². The minimum Gasteiger partial charge on any atom is -0.272 e. The monoisotopic (exact) mass is 393 g/mol. The van der Waals surface area contributed by atoms with Gasteiger partial charge in [0.2, 0.25) is 0 Å². The van der Waals surface area contributed by atoms with E-state index in [4.69, 9.17) is 11.6 Å². The van der Waals surface area contributed by atoms with E-state index in [1.165, 1.54) is 18.3 Å². The maximum atomic E-state index is 12.8. The molecule has 0 atom stereocenters. The lowest BCUT2D eigenvalue weighted by atomic mass is 9.91. The van der Waals surface area contributed by atoms with Crippen LogP contribution in [0.15, 0.2) is 84.0 Å². The Labute approximate surface area is 166 Å². The highest BCUT2D eigenvalue weighted by Gasteiger charge is 2.22. The molecule has 6 nitrogen and oxygen atoms in total. The molecule has 1 N–H and O–H groups in total. The quantitative estimate of drug-likeness (QED) is 0.379. The summed E-state index contributed by atoms with van der Waals surface area (Å²) in [5.41, 5.74) is 4.42. The van der Waals surface area contributed by atoms with Gasteiger partial charge in [-0.15, -0.1) is 0 Å². The molecule has 0 bridgehead atoms. The zero-order valence-electron chi connectivity index (χ0n) is 14.7. The van der Waals surface area contributed by atoms with E-state index >= 15 is 0 Å². The largest absolute Gasteiger partial charge is 0.288 e. The van der Waals surface area contributed by atoms with Gasteiger partial charge >= 0.3 is 0 Å². The number of hydrogen-bond acceptors (Lipinski definition) is 4. The van der Waals surface area contributed by atoms with Crippen LogP contribution in [-0.2, 0) is 4.79 Å². The van der Waals surface area contributed by atoms with Crippen molar-refractivity contribution in [2.45, 2.75) is 5.92 Å². The van der Waals surface area contributed by atoms with E-state index in [1.54, 1.807) is 6.07 Å². The van der Waals surface area contributed by atoms with E-state index in [0.717, 1.165) is 11.1 Å². The summed E-state index contributed by atoms with van der Waals surface area (Å²) < 4.78 is 0. The maximum absolute atomic E-state index is 12.8. The maximum Gasteiger partial charge on any atom is 0.288 e. The smallest absolute Gasteiger partial charge is 0.272 e. The summed E-state index contributed by atoms with van der Waals surface area (Å²) in [6.45, 7) is 0. The molecule has 0 aliphatic rings. The number of hydrogen-bond donors (Lipinski definition) is 1. The van der Waals surface area contributed by atoms with Crippen LogP contribution in [0.5, 0.6) is 0 Å². The van der Waals surface area contributed by atoms with Crippen LogP contribution in [0, 0.1) is 10.1 Å². The van der Waals surface area contributed by atoms with E-state index in [2.05, 4.69) is 10.5 Å². The summed E-state index contributed by atoms with van der Waals surface area (Å²) in [7, 11) is 0. The summed E-state index contributed by atoms with van der Waals surface area (Å²) in [5, 5.41) is 15.0. The van der Waals surface area contributed by atoms with Gasteiger partial charge in [0.1, 0.15) is 5.02 Å². The molecule has 0 aliphatic carbocycles. The van der Waals surface area contributed by atoms with Crippen LogP contribution in [0.25, 0.3) is 0 Å². The van der Waals surface area contributed by atoms with Crippen molar-refractivity contribution in [3.63, 3.8) is 0 Å². The molecule has 0 heterocycles. The van der Waals surface area contributed by atoms with Crippen LogP contribution in [0.2, 0.25) is 5.02 Å². The Morgan fingerprint density at radius 2 is 1.57 bits per heavy atom. The fourth-order valence-electron chi connectivity index (χ4n) is 2.77. The minimum absolute atomic E-state index is 0.0411. The van der Waals surface area contributed by atoms with Crippen molar-refractivity contribution in [3.8, 4) is 0 Å². The van der Waals surface area contributed by atoms with Gasteiger partial charge in [-0.05, 0) is 17.2 Å². The number of rotatable bonds is 6. The van der Waals surface area contributed by atoms with Gasteiger partial charge in [0.15, 0.2) is 0 Å². The van der Waals surface area contributed by atoms with Crippen LogP contribution in [0.1, 0.15) is 22.6 Å². The number of hydrazone groups is 1. The van der Waals surface area contributed by atoms with Crippen molar-refractivity contribution in [3.05, 3.63) is 111 Å². The Morgan fingerprint density at radius 1 is 1.00 bits per heavy atom. The normalized spacial score (nSPS) is 10.9. The highest BCUT2D eigenvalue weighted by molar-refractivity contribution is 6.32. The van der Waals surface area contributed by atoms with Crippen molar-refractivity contribution in [1.29, 1.82) is 0 Å². The fraction of sp³-hybridized carbons (Fsp3) is 0.0476. The van der Waals surface area contributed by atoms with Crippen LogP contribution in [0.4, 0.5) is 5.69 Å².